The molecule has 0 radical (unpaired) electrons. The molecule has 0 unspecified atom stereocenters. The number of aromatic amines is 1. The number of para-hydroxylation sites is 1. The Labute approximate surface area is 198 Å². The summed E-state index contributed by atoms with van der Waals surface area (Å²) in [5, 5.41) is 0.105. The summed E-state index contributed by atoms with van der Waals surface area (Å²) >= 11 is 0. The highest BCUT2D eigenvalue weighted by atomic mass is 32.2. The molecule has 3 heterocycles. The number of nitrogens with zero attached hydrogens (tertiary/aromatic N) is 4. The van der Waals surface area contributed by atoms with Crippen LogP contribution in [0.3, 0.4) is 0 Å². The maximum Gasteiger partial charge on any atom is 0.263 e. The summed E-state index contributed by atoms with van der Waals surface area (Å²) in [5.41, 5.74) is 2.64. The van der Waals surface area contributed by atoms with Crippen molar-refractivity contribution in [2.75, 3.05) is 0 Å². The van der Waals surface area contributed by atoms with Crippen LogP contribution in [0.25, 0.3) is 11.0 Å². The largest absolute Gasteiger partial charge is 0.487 e. The summed E-state index contributed by atoms with van der Waals surface area (Å²) in [6.07, 6.45) is 4.32. The van der Waals surface area contributed by atoms with Crippen molar-refractivity contribution in [1.29, 1.82) is 0 Å². The number of rotatable bonds is 6. The molecule has 176 valence electrons. The number of hydrogen-bond acceptors (Lipinski definition) is 5. The number of imidazole rings is 2. The lowest BCUT2D eigenvalue weighted by atomic mass is 10.00. The van der Waals surface area contributed by atoms with Crippen molar-refractivity contribution in [1.82, 2.24) is 23.8 Å². The molecule has 3 atom stereocenters. The Balaban J connectivity index is 1.36. The lowest BCUT2D eigenvalue weighted by Gasteiger charge is -2.32. The molecule has 4 aromatic rings. The predicted octanol–water partition coefficient (Wildman–Crippen LogP) is 4.10. The Morgan fingerprint density at radius 2 is 1.91 bits per heavy atom. The van der Waals surface area contributed by atoms with Crippen molar-refractivity contribution in [3.8, 4) is 5.75 Å². The van der Waals surface area contributed by atoms with Crippen LogP contribution in [0.15, 0.2) is 59.8 Å². The zero-order valence-corrected chi connectivity index (χ0v) is 20.0. The summed E-state index contributed by atoms with van der Waals surface area (Å²) in [7, 11) is -1.94. The van der Waals surface area contributed by atoms with Gasteiger partial charge in [0, 0.05) is 19.3 Å². The maximum absolute atomic E-state index is 13.7. The van der Waals surface area contributed by atoms with Gasteiger partial charge in [0.2, 0.25) is 0 Å². The van der Waals surface area contributed by atoms with Crippen LogP contribution in [0.5, 0.6) is 5.75 Å². The monoisotopic (exact) mass is 477 g/mol. The van der Waals surface area contributed by atoms with Gasteiger partial charge in [-0.1, -0.05) is 36.4 Å². The smallest absolute Gasteiger partial charge is 0.263 e. The van der Waals surface area contributed by atoms with Crippen molar-refractivity contribution in [3.63, 3.8) is 0 Å². The molecule has 9 heteroatoms. The average Bonchev–Trinajstić information content (AvgIpc) is 3.61. The van der Waals surface area contributed by atoms with Gasteiger partial charge in [0.25, 0.3) is 10.0 Å². The normalized spacial score (nSPS) is 22.6. The molecule has 1 N–H and O–H groups in total. The fourth-order valence-corrected chi connectivity index (χ4v) is 7.32. The summed E-state index contributed by atoms with van der Waals surface area (Å²) in [5.74, 6) is 2.26. The molecule has 1 aliphatic carbocycles. The number of H-pyrrole nitrogens is 1. The van der Waals surface area contributed by atoms with E-state index in [1.165, 1.54) is 0 Å². The van der Waals surface area contributed by atoms with Crippen LogP contribution in [0.1, 0.15) is 42.5 Å². The van der Waals surface area contributed by atoms with Gasteiger partial charge in [-0.25, -0.2) is 18.4 Å². The Hall–Kier alpha value is -3.17. The summed E-state index contributed by atoms with van der Waals surface area (Å²) in [4.78, 5) is 12.6. The third kappa shape index (κ3) is 3.42. The van der Waals surface area contributed by atoms with E-state index in [-0.39, 0.29) is 23.0 Å². The van der Waals surface area contributed by atoms with E-state index in [4.69, 9.17) is 9.72 Å². The quantitative estimate of drug-likeness (QED) is 0.451. The lowest BCUT2D eigenvalue weighted by Crippen LogP contribution is -2.40. The molecule has 2 bridgehead atoms. The van der Waals surface area contributed by atoms with Gasteiger partial charge < -0.3 is 14.3 Å². The number of ether oxygens (including phenoxy) is 1. The molecule has 2 aromatic carbocycles. The first kappa shape index (κ1) is 21.4. The fraction of sp³-hybridized carbons (Fsp3) is 0.360. The molecule has 1 saturated heterocycles. The molecule has 2 aliphatic rings. The Morgan fingerprint density at radius 1 is 1.09 bits per heavy atom. The maximum atomic E-state index is 13.7. The number of aryl methyl sites for hydroxylation is 2. The van der Waals surface area contributed by atoms with Crippen LogP contribution in [-0.4, -0.2) is 38.3 Å². The highest BCUT2D eigenvalue weighted by molar-refractivity contribution is 7.89. The van der Waals surface area contributed by atoms with E-state index in [1.54, 1.807) is 15.1 Å². The first-order valence-electron chi connectivity index (χ1n) is 11.6. The SMILES string of the molecule is Cc1nc(S(=O)(=O)N2[C@@H]3CC[C@@H](C3)[C@H]2c2nc3c(OCc4ccccc4)cccc3[nH]2)cn1C. The minimum absolute atomic E-state index is 0.0238. The zero-order chi connectivity index (χ0) is 23.4. The van der Waals surface area contributed by atoms with Crippen molar-refractivity contribution >= 4 is 21.1 Å². The van der Waals surface area contributed by atoms with E-state index >= 15 is 0 Å². The molecule has 1 aliphatic heterocycles. The van der Waals surface area contributed by atoms with E-state index in [0.717, 1.165) is 35.9 Å². The molecule has 2 fully saturated rings. The molecule has 8 nitrogen and oxygen atoms in total. The van der Waals surface area contributed by atoms with E-state index in [2.05, 4.69) is 9.97 Å². The third-order valence-corrected chi connectivity index (χ3v) is 8.97. The Kier molecular flexibility index (Phi) is 5.00. The number of aromatic nitrogens is 4. The van der Waals surface area contributed by atoms with Gasteiger partial charge in [-0.15, -0.1) is 0 Å². The summed E-state index contributed by atoms with van der Waals surface area (Å²) < 4.78 is 36.9. The molecule has 0 amide bonds. The van der Waals surface area contributed by atoms with Crippen LogP contribution in [-0.2, 0) is 23.7 Å². The molecular weight excluding hydrogens is 450 g/mol. The molecule has 6 rings (SSSR count). The van der Waals surface area contributed by atoms with E-state index in [0.29, 0.717) is 24.0 Å². The minimum Gasteiger partial charge on any atom is -0.487 e. The number of sulfonamides is 1. The highest BCUT2D eigenvalue weighted by Gasteiger charge is 2.53. The number of benzene rings is 2. The van der Waals surface area contributed by atoms with Crippen LogP contribution < -0.4 is 4.74 Å². The van der Waals surface area contributed by atoms with E-state index in [1.807, 2.05) is 62.5 Å². The van der Waals surface area contributed by atoms with Crippen molar-refractivity contribution in [2.24, 2.45) is 13.0 Å². The van der Waals surface area contributed by atoms with Gasteiger partial charge in [-0.2, -0.15) is 4.31 Å². The van der Waals surface area contributed by atoms with Gasteiger partial charge in [0.05, 0.1) is 11.6 Å². The second-order valence-electron chi connectivity index (χ2n) is 9.29. The lowest BCUT2D eigenvalue weighted by molar-refractivity contribution is 0.237. The van der Waals surface area contributed by atoms with E-state index in [9.17, 15) is 8.42 Å². The Morgan fingerprint density at radius 3 is 2.68 bits per heavy atom. The highest BCUT2D eigenvalue weighted by Crippen LogP contribution is 2.52. The molecular formula is C25H27N5O3S. The fourth-order valence-electron chi connectivity index (χ4n) is 5.41. The van der Waals surface area contributed by atoms with Gasteiger partial charge in [0.15, 0.2) is 5.03 Å². The average molecular weight is 478 g/mol. The van der Waals surface area contributed by atoms with Crippen LogP contribution in [0.4, 0.5) is 0 Å². The van der Waals surface area contributed by atoms with Gasteiger partial charge in [-0.3, -0.25) is 0 Å². The predicted molar refractivity (Wildman–Crippen MR) is 128 cm³/mol. The number of nitrogens with one attached hydrogen (secondary N) is 1. The molecule has 34 heavy (non-hydrogen) atoms. The number of hydrogen-bond donors (Lipinski definition) is 1. The van der Waals surface area contributed by atoms with Crippen molar-refractivity contribution in [2.45, 2.75) is 49.9 Å². The zero-order valence-electron chi connectivity index (χ0n) is 19.2. The van der Waals surface area contributed by atoms with Gasteiger partial charge in [-0.05, 0) is 49.8 Å². The number of piperidine rings is 1. The second-order valence-corrected chi connectivity index (χ2v) is 11.1. The van der Waals surface area contributed by atoms with Crippen molar-refractivity contribution in [3.05, 3.63) is 71.9 Å². The van der Waals surface area contributed by atoms with Crippen LogP contribution in [0.2, 0.25) is 0 Å². The standard InChI is InChI=1S/C25H27N5O3S/c1-16-26-22(14-29(16)2)34(31,32)30-19-12-11-18(13-19)24(30)25-27-20-9-6-10-21(23(20)28-25)33-15-17-7-4-3-5-8-17/h3-10,14,18-19,24H,11-13,15H2,1-2H3,(H,27,28)/t18-,19+,24-/m0/s1. The summed E-state index contributed by atoms with van der Waals surface area (Å²) in [6, 6.07) is 15.4. The molecule has 2 aromatic heterocycles. The number of fused-ring (bicyclic) bond motifs is 3. The molecule has 1 saturated carbocycles. The molecule has 0 spiro atoms. The second kappa shape index (κ2) is 7.95. The first-order valence-corrected chi connectivity index (χ1v) is 13.0. The Bertz CT molecular complexity index is 1440. The summed E-state index contributed by atoms with van der Waals surface area (Å²) in [6.45, 7) is 2.25. The van der Waals surface area contributed by atoms with Crippen LogP contribution in [0, 0.1) is 12.8 Å². The van der Waals surface area contributed by atoms with Crippen molar-refractivity contribution < 1.29 is 13.2 Å². The minimum atomic E-state index is -3.75. The van der Waals surface area contributed by atoms with Gasteiger partial charge in [0.1, 0.15) is 29.5 Å². The van der Waals surface area contributed by atoms with E-state index < -0.39 is 10.0 Å². The van der Waals surface area contributed by atoms with Gasteiger partial charge >= 0.3 is 0 Å². The topological polar surface area (TPSA) is 93.1 Å². The first-order chi connectivity index (χ1) is 16.4. The van der Waals surface area contributed by atoms with Crippen LogP contribution >= 0.6 is 0 Å². The third-order valence-electron chi connectivity index (χ3n) is 7.17.